The molecule has 9 heavy (non-hydrogen) atoms. The van der Waals surface area contributed by atoms with Gasteiger partial charge in [-0.25, -0.2) is 0 Å². The Morgan fingerprint density at radius 2 is 1.00 bits per heavy atom. The molecule has 0 aromatic heterocycles. The third kappa shape index (κ3) is 690000. The number of hydrogen-bond acceptors (Lipinski definition) is 4. The smallest absolute Gasteiger partial charge is 0.530 e. The first-order chi connectivity index (χ1) is 3.46. The van der Waals surface area contributed by atoms with E-state index in [1.165, 1.54) is 0 Å². The van der Waals surface area contributed by atoms with Crippen LogP contribution in [0.3, 0.4) is 0 Å². The Bertz CT molecular complexity index is 74.6. The van der Waals surface area contributed by atoms with Crippen molar-refractivity contribution in [1.29, 1.82) is 0 Å². The van der Waals surface area contributed by atoms with Crippen LogP contribution in [0.2, 0.25) is 0 Å². The van der Waals surface area contributed by atoms with Crippen molar-refractivity contribution in [2.75, 3.05) is 0 Å². The molecule has 0 saturated heterocycles. The van der Waals surface area contributed by atoms with Gasteiger partial charge in [-0.15, -0.1) is 0 Å². The number of carboxylic acid groups (broad SMARTS) is 2. The van der Waals surface area contributed by atoms with Crippen molar-refractivity contribution in [2.24, 2.45) is 11.5 Å². The molecule has 6 nitrogen and oxygen atoms in total. The maximum Gasteiger partial charge on any atom is 2.00 e. The number of carbonyl (C=O) groups is 2. The van der Waals surface area contributed by atoms with Crippen molar-refractivity contribution < 1.29 is 19.8 Å². The van der Waals surface area contributed by atoms with E-state index >= 15 is 0 Å². The van der Waals surface area contributed by atoms with Crippen LogP contribution in [0.1, 0.15) is 0 Å². The van der Waals surface area contributed by atoms with Gasteiger partial charge in [0, 0.05) is 0 Å². The summed E-state index contributed by atoms with van der Waals surface area (Å²) in [6.07, 6.45) is -3.17. The summed E-state index contributed by atoms with van der Waals surface area (Å²) in [6, 6.07) is 0. The molecule has 0 spiro atoms. The van der Waals surface area contributed by atoms with Crippen LogP contribution in [0.25, 0.3) is 0 Å². The van der Waals surface area contributed by atoms with E-state index in [0.717, 1.165) is 0 Å². The average Bonchev–Trinajstić information content (AvgIpc) is 1.25. The van der Waals surface area contributed by atoms with Crippen LogP contribution in [-0.4, -0.2) is 57.7 Å². The summed E-state index contributed by atoms with van der Waals surface area (Å²) >= 11 is 0. The molecule has 0 aliphatic rings. The fourth-order valence-electron chi connectivity index (χ4n) is 0. The fraction of sp³-hybridized carbons (Fsp3) is 0. The predicted octanol–water partition coefficient (Wildman–Crippen LogP) is -3.80. The summed E-state index contributed by atoms with van der Waals surface area (Å²) in [5.74, 6) is 0. The monoisotopic (exact) mass is 208 g/mol. The van der Waals surface area contributed by atoms with Crippen LogP contribution in [0.4, 0.5) is 9.59 Å². The van der Waals surface area contributed by atoms with E-state index in [1.54, 1.807) is 0 Å². The van der Waals surface area contributed by atoms with Crippen LogP contribution in [0.15, 0.2) is 0 Å². The summed E-state index contributed by atoms with van der Waals surface area (Å²) < 4.78 is 0. The summed E-state index contributed by atoms with van der Waals surface area (Å²) in [7, 11) is 0. The number of amides is 2. The zero-order chi connectivity index (χ0) is 7.15. The van der Waals surface area contributed by atoms with Gasteiger partial charge in [-0.1, -0.05) is 0 Å². The summed E-state index contributed by atoms with van der Waals surface area (Å²) in [4.78, 5) is 17.3. The van der Waals surface area contributed by atoms with Gasteiger partial charge in [-0.3, -0.25) is 0 Å². The van der Waals surface area contributed by atoms with Crippen molar-refractivity contribution >= 4 is 57.7 Å². The molecule has 7 heteroatoms. The first-order valence-electron chi connectivity index (χ1n) is 1.39. The average molecular weight is 208 g/mol. The second kappa shape index (κ2) is 10.9. The number of hydrogen-bond donors (Lipinski definition) is 2. The largest absolute Gasteiger partial charge is 2.00 e. The van der Waals surface area contributed by atoms with Gasteiger partial charge in [0.05, 0.1) is 0 Å². The second-order valence-electron chi connectivity index (χ2n) is 0.638. The zero-order valence-corrected chi connectivity index (χ0v) is 7.97. The van der Waals surface area contributed by atoms with Gasteiger partial charge < -0.3 is 31.3 Å². The summed E-state index contributed by atoms with van der Waals surface area (Å²) in [6.45, 7) is 0. The molecule has 0 aliphatic heterocycles. The Hall–Kier alpha value is 0.0205. The molecule has 0 aromatic carbocycles. The van der Waals surface area contributed by atoms with Crippen LogP contribution >= 0.6 is 0 Å². The molecule has 0 unspecified atom stereocenters. The first-order valence-corrected chi connectivity index (χ1v) is 1.39. The molecule has 0 atom stereocenters. The molecule has 0 aromatic rings. The summed E-state index contributed by atoms with van der Waals surface area (Å²) in [5, 5.41) is 17.3. The molecule has 0 bridgehead atoms. The number of rotatable bonds is 0. The molecule has 0 fully saturated rings. The Balaban J connectivity index is -0.0000000720. The van der Waals surface area contributed by atoms with E-state index in [0.29, 0.717) is 0 Å². The van der Waals surface area contributed by atoms with Crippen LogP contribution in [-0.2, 0) is 0 Å². The minimum absolute atomic E-state index is 0. The Labute approximate surface area is 88.1 Å². The molecule has 48 valence electrons. The number of carbonyl (C=O) groups excluding carboxylic acids is 2. The van der Waals surface area contributed by atoms with Crippen molar-refractivity contribution in [3.63, 3.8) is 0 Å². The van der Waals surface area contributed by atoms with Gasteiger partial charge in [-0.2, -0.15) is 0 Å². The van der Waals surface area contributed by atoms with Gasteiger partial charge >= 0.3 is 45.5 Å². The van der Waals surface area contributed by atoms with E-state index in [4.69, 9.17) is 19.8 Å². The molecule has 0 rings (SSSR count). The van der Waals surface area contributed by atoms with E-state index in [1.807, 2.05) is 0 Å². The third-order valence-electron chi connectivity index (χ3n) is 0. The third-order valence-corrected chi connectivity index (χ3v) is 0. The quantitative estimate of drug-likeness (QED) is 0.394. The zero-order valence-electron chi connectivity index (χ0n) is 4.49. The van der Waals surface area contributed by atoms with E-state index in [9.17, 15) is 0 Å². The van der Waals surface area contributed by atoms with Crippen LogP contribution < -0.4 is 21.7 Å². The molecular weight excluding hydrogens is 204 g/mol. The normalized spacial score (nSPS) is 5.33. The molecule has 0 radical (unpaired) electrons. The number of nitrogens with two attached hydrogens (primary N) is 2. The summed E-state index contributed by atoms with van der Waals surface area (Å²) in [5.41, 5.74) is 7.83. The fourth-order valence-corrected chi connectivity index (χ4v) is 0. The SMILES string of the molecule is NC(=O)[O-].NC(=O)[O-].[Sr+2]. The maximum absolute atomic E-state index is 8.67. The first kappa shape index (κ1) is 16.0. The van der Waals surface area contributed by atoms with Crippen molar-refractivity contribution in [1.82, 2.24) is 0 Å². The second-order valence-corrected chi connectivity index (χ2v) is 0.638. The predicted molar refractivity (Wildman–Crippen MR) is 24.9 cm³/mol. The van der Waals surface area contributed by atoms with E-state index < -0.39 is 12.2 Å². The Morgan fingerprint density at radius 3 is 1.00 bits per heavy atom. The van der Waals surface area contributed by atoms with E-state index in [-0.39, 0.29) is 45.5 Å². The Kier molecular flexibility index (Phi) is 19.4. The van der Waals surface area contributed by atoms with Gasteiger partial charge in [0.15, 0.2) is 0 Å². The van der Waals surface area contributed by atoms with Gasteiger partial charge in [0.2, 0.25) is 0 Å². The van der Waals surface area contributed by atoms with Gasteiger partial charge in [-0.05, 0) is 0 Å². The minimum atomic E-state index is -1.58. The molecule has 4 N–H and O–H groups in total. The molecule has 0 aliphatic carbocycles. The molecule has 2 amide bonds. The molecular formula is C2H4N2O4Sr. The minimum Gasteiger partial charge on any atom is -0.530 e. The van der Waals surface area contributed by atoms with Crippen molar-refractivity contribution in [2.45, 2.75) is 0 Å². The van der Waals surface area contributed by atoms with Crippen molar-refractivity contribution in [3.05, 3.63) is 0 Å². The van der Waals surface area contributed by atoms with Gasteiger partial charge in [0.25, 0.3) is 0 Å². The molecule has 0 saturated carbocycles. The van der Waals surface area contributed by atoms with Crippen LogP contribution in [0, 0.1) is 0 Å². The standard InChI is InChI=1S/2CH3NO2.Sr/c2*2-1(3)4;/h2*2H2,(H,3,4);/q;;+2/p-2. The van der Waals surface area contributed by atoms with Gasteiger partial charge in [0.1, 0.15) is 12.2 Å². The number of primary amides is 2. The Morgan fingerprint density at radius 1 is 1.00 bits per heavy atom. The van der Waals surface area contributed by atoms with Crippen molar-refractivity contribution in [3.8, 4) is 0 Å². The van der Waals surface area contributed by atoms with E-state index in [2.05, 4.69) is 11.5 Å². The topological polar surface area (TPSA) is 132 Å². The molecule has 0 heterocycles. The maximum atomic E-state index is 8.67. The van der Waals surface area contributed by atoms with Crippen LogP contribution in [0.5, 0.6) is 0 Å².